The Kier molecular flexibility index (Phi) is 20.1. The van der Waals surface area contributed by atoms with Gasteiger partial charge in [-0.25, -0.2) is 0 Å². The van der Waals surface area contributed by atoms with Crippen molar-refractivity contribution in [3.8, 4) is 0 Å². The Morgan fingerprint density at radius 1 is 0.684 bits per heavy atom. The molecular weight excluding hydrogens is 566 g/mol. The minimum absolute atomic E-state index is 0. The van der Waals surface area contributed by atoms with Crippen LogP contribution >= 0.6 is 0 Å². The predicted octanol–water partition coefficient (Wildman–Crippen LogP) is -0.767. The molecule has 1 rings (SSSR count). The summed E-state index contributed by atoms with van der Waals surface area (Å²) in [5, 5.41) is 0. The van der Waals surface area contributed by atoms with Crippen LogP contribution in [0.1, 0.15) is 91.9 Å². The molecule has 1 aliphatic heterocycles. The monoisotopic (exact) mass is 611 g/mol. The largest absolute Gasteiger partial charge is 1.00 e. The third kappa shape index (κ3) is 13.3. The molecule has 0 aliphatic carbocycles. The molecule has 1 unspecified atom stereocenters. The molecule has 0 amide bonds. The Labute approximate surface area is 236 Å². The number of carbonyl (C=O) groups is 4. The minimum Gasteiger partial charge on any atom is -1.00 e. The third-order valence-electron chi connectivity index (χ3n) is 5.55. The fourth-order valence-electron chi connectivity index (χ4n) is 3.72. The number of hydrogen-bond donors (Lipinski definition) is 1. The second-order valence-corrected chi connectivity index (χ2v) is 9.02. The quantitative estimate of drug-likeness (QED) is 0.119. The summed E-state index contributed by atoms with van der Waals surface area (Å²) in [5.74, 6) is -2.04. The van der Waals surface area contributed by atoms with Crippen LogP contribution in [-0.4, -0.2) is 74.3 Å². The van der Waals surface area contributed by atoms with Crippen molar-refractivity contribution < 1.29 is 70.3 Å². The summed E-state index contributed by atoms with van der Waals surface area (Å²) < 4.78 is 34.6. The van der Waals surface area contributed by atoms with E-state index in [0.717, 1.165) is 13.0 Å². The molecular formula is C26H46BrNO10. The van der Waals surface area contributed by atoms with Gasteiger partial charge in [0.25, 0.3) is 0 Å². The first-order valence-corrected chi connectivity index (χ1v) is 13.6. The van der Waals surface area contributed by atoms with E-state index in [9.17, 15) is 19.2 Å². The fourth-order valence-corrected chi connectivity index (χ4v) is 3.72. The first-order valence-electron chi connectivity index (χ1n) is 13.6. The van der Waals surface area contributed by atoms with Crippen molar-refractivity contribution in [2.45, 2.75) is 123 Å². The van der Waals surface area contributed by atoms with E-state index in [0.29, 0.717) is 32.1 Å². The third-order valence-corrected chi connectivity index (χ3v) is 5.55. The Morgan fingerprint density at radius 2 is 1.16 bits per heavy atom. The van der Waals surface area contributed by atoms with Gasteiger partial charge in [0.1, 0.15) is 12.7 Å². The molecule has 11 nitrogen and oxygen atoms in total. The summed E-state index contributed by atoms with van der Waals surface area (Å²) in [4.78, 5) is 49.8. The van der Waals surface area contributed by atoms with Gasteiger partial charge < -0.3 is 51.1 Å². The van der Waals surface area contributed by atoms with E-state index in [1.165, 1.54) is 0 Å². The number of halogens is 1. The van der Waals surface area contributed by atoms with Gasteiger partial charge in [-0.1, -0.05) is 27.7 Å². The number of carbonyl (C=O) groups excluding carboxylic acids is 4. The molecule has 1 saturated heterocycles. The summed E-state index contributed by atoms with van der Waals surface area (Å²) in [6.45, 7) is 8.09. The van der Waals surface area contributed by atoms with Crippen LogP contribution in [-0.2, 0) is 47.6 Å². The fraction of sp³-hybridized carbons (Fsp3) is 0.846. The highest BCUT2D eigenvalue weighted by molar-refractivity contribution is 5.72. The second kappa shape index (κ2) is 21.1. The average Bonchev–Trinajstić information content (AvgIpc) is 2.84. The van der Waals surface area contributed by atoms with Crippen LogP contribution in [0.15, 0.2) is 0 Å². The van der Waals surface area contributed by atoms with Crippen molar-refractivity contribution in [2.75, 3.05) is 19.8 Å². The van der Waals surface area contributed by atoms with Crippen molar-refractivity contribution in [2.24, 2.45) is 0 Å². The topological polar surface area (TPSA) is 151 Å². The van der Waals surface area contributed by atoms with Gasteiger partial charge in [0.05, 0.1) is 13.2 Å². The lowest BCUT2D eigenvalue weighted by atomic mass is 9.97. The van der Waals surface area contributed by atoms with Crippen molar-refractivity contribution in [1.29, 1.82) is 0 Å². The second-order valence-electron chi connectivity index (χ2n) is 9.02. The standard InChI is InChI=1S/C26H45NO10.BrH/c1-5-11-19(28)33-17-18-23(35-20(29)12-6-2)24(36-21(30)13-7-3)25(37-22(31)14-8-4)26(34-18)32-16-10-9-15-27;/h18,23-26H,5-17,27H2,1-4H3;1H/t18-,23-,24+,25-,26?;/m1./s1. The molecule has 0 aromatic rings. The smallest absolute Gasteiger partial charge is 0.306 e. The lowest BCUT2D eigenvalue weighted by Gasteiger charge is -2.44. The molecule has 0 saturated carbocycles. The Hall–Kier alpha value is -1.76. The van der Waals surface area contributed by atoms with E-state index >= 15 is 0 Å². The Bertz CT molecular complexity index is 708. The van der Waals surface area contributed by atoms with Crippen LogP contribution < -0.4 is 22.7 Å². The number of unbranched alkanes of at least 4 members (excludes halogenated alkanes) is 1. The van der Waals surface area contributed by atoms with Crippen LogP contribution in [0.5, 0.6) is 0 Å². The number of rotatable bonds is 18. The first-order chi connectivity index (χ1) is 17.8. The molecule has 0 spiro atoms. The molecule has 0 aromatic heterocycles. The van der Waals surface area contributed by atoms with E-state index in [2.05, 4.69) is 5.73 Å². The maximum absolute atomic E-state index is 12.6. The van der Waals surface area contributed by atoms with Gasteiger partial charge in [-0.2, -0.15) is 0 Å². The molecule has 222 valence electrons. The molecule has 38 heavy (non-hydrogen) atoms. The van der Waals surface area contributed by atoms with E-state index in [1.54, 1.807) is 0 Å². The molecule has 12 heteroatoms. The van der Waals surface area contributed by atoms with Gasteiger partial charge in [0.2, 0.25) is 0 Å². The molecule has 1 aliphatic rings. The van der Waals surface area contributed by atoms with Gasteiger partial charge in [-0.05, 0) is 38.5 Å². The SMILES string of the molecule is CCCC(=O)OC[C@H]1OC(OCCCC[NH3+])[C@H](OC(=O)CCC)[C@@H](OC(=O)CCC)[C@@H]1OC(=O)CCC.[Br-]. The normalized spacial score (nSPS) is 22.6. The molecule has 5 atom stereocenters. The molecule has 0 bridgehead atoms. The molecule has 1 fully saturated rings. The van der Waals surface area contributed by atoms with Gasteiger partial charge in [0, 0.05) is 25.7 Å². The summed E-state index contributed by atoms with van der Waals surface area (Å²) in [6, 6.07) is 0. The van der Waals surface area contributed by atoms with Crippen LogP contribution in [0, 0.1) is 0 Å². The predicted molar refractivity (Wildman–Crippen MR) is 132 cm³/mol. The van der Waals surface area contributed by atoms with E-state index < -0.39 is 54.6 Å². The van der Waals surface area contributed by atoms with E-state index in [-0.39, 0.29) is 55.9 Å². The Balaban J connectivity index is 0.0000137. The van der Waals surface area contributed by atoms with E-state index in [1.807, 2.05) is 27.7 Å². The molecule has 0 aromatic carbocycles. The number of esters is 4. The zero-order chi connectivity index (χ0) is 27.6. The van der Waals surface area contributed by atoms with Crippen molar-refractivity contribution in [3.63, 3.8) is 0 Å². The van der Waals surface area contributed by atoms with Gasteiger partial charge in [0.15, 0.2) is 24.6 Å². The number of hydrogen-bond acceptors (Lipinski definition) is 10. The van der Waals surface area contributed by atoms with Crippen molar-refractivity contribution in [1.82, 2.24) is 0 Å². The van der Waals surface area contributed by atoms with Gasteiger partial charge in [-0.15, -0.1) is 0 Å². The van der Waals surface area contributed by atoms with Crippen molar-refractivity contribution >= 4 is 23.9 Å². The first kappa shape index (κ1) is 36.2. The average molecular weight is 613 g/mol. The van der Waals surface area contributed by atoms with Crippen molar-refractivity contribution in [3.05, 3.63) is 0 Å². The van der Waals surface area contributed by atoms with Crippen LogP contribution in [0.25, 0.3) is 0 Å². The van der Waals surface area contributed by atoms with Crippen LogP contribution in [0.2, 0.25) is 0 Å². The lowest BCUT2D eigenvalue weighted by molar-refractivity contribution is -0.369. The molecule has 1 heterocycles. The Morgan fingerprint density at radius 3 is 1.66 bits per heavy atom. The highest BCUT2D eigenvalue weighted by Crippen LogP contribution is 2.31. The summed E-state index contributed by atoms with van der Waals surface area (Å²) in [7, 11) is 0. The van der Waals surface area contributed by atoms with E-state index in [4.69, 9.17) is 28.4 Å². The highest BCUT2D eigenvalue weighted by atomic mass is 79.9. The number of ether oxygens (including phenoxy) is 6. The summed E-state index contributed by atoms with van der Waals surface area (Å²) in [5.41, 5.74) is 3.82. The minimum atomic E-state index is -1.21. The zero-order valence-corrected chi connectivity index (χ0v) is 24.8. The highest BCUT2D eigenvalue weighted by Gasteiger charge is 2.53. The maximum Gasteiger partial charge on any atom is 0.306 e. The summed E-state index contributed by atoms with van der Waals surface area (Å²) in [6.07, 6.45) is -1.37. The van der Waals surface area contributed by atoms with Crippen LogP contribution in [0.4, 0.5) is 0 Å². The number of quaternary nitrogens is 1. The molecule has 0 radical (unpaired) electrons. The van der Waals surface area contributed by atoms with Gasteiger partial charge >= 0.3 is 23.9 Å². The summed E-state index contributed by atoms with van der Waals surface area (Å²) >= 11 is 0. The maximum atomic E-state index is 12.6. The van der Waals surface area contributed by atoms with Crippen LogP contribution in [0.3, 0.4) is 0 Å². The van der Waals surface area contributed by atoms with Gasteiger partial charge in [-0.3, -0.25) is 19.2 Å². The zero-order valence-electron chi connectivity index (χ0n) is 23.2. The molecule has 3 N–H and O–H groups in total. The lowest BCUT2D eigenvalue weighted by Crippen LogP contribution is -3.00.